The Morgan fingerprint density at radius 1 is 0.437 bits per heavy atom. The van der Waals surface area contributed by atoms with Gasteiger partial charge in [-0.1, -0.05) is 219 Å². The molecule has 71 heavy (non-hydrogen) atoms. The van der Waals surface area contributed by atoms with Crippen molar-refractivity contribution >= 4 is 13.8 Å². The molecule has 0 aliphatic rings. The molecule has 0 fully saturated rings. The van der Waals surface area contributed by atoms with Crippen LogP contribution in [-0.4, -0.2) is 70.7 Å². The van der Waals surface area contributed by atoms with Gasteiger partial charge in [0.25, 0.3) is 7.82 Å². The average molecular weight is 1010 g/mol. The van der Waals surface area contributed by atoms with Crippen molar-refractivity contribution in [3.63, 3.8) is 0 Å². The molecule has 0 bridgehead atoms. The van der Waals surface area contributed by atoms with Crippen molar-refractivity contribution < 1.29 is 37.3 Å². The Morgan fingerprint density at radius 3 is 1.15 bits per heavy atom. The summed E-state index contributed by atoms with van der Waals surface area (Å²) in [5, 5.41) is 0. The minimum absolute atomic E-state index is 0.0147. The Hall–Kier alpha value is -3.10. The van der Waals surface area contributed by atoms with Gasteiger partial charge in [0.2, 0.25) is 0 Å². The van der Waals surface area contributed by atoms with Crippen molar-refractivity contribution in [3.05, 3.63) is 122 Å². The van der Waals surface area contributed by atoms with Crippen molar-refractivity contribution in [2.45, 2.75) is 213 Å². The number of allylic oxidation sites excluding steroid dienone is 20. The van der Waals surface area contributed by atoms with E-state index in [1.54, 1.807) is 0 Å². The van der Waals surface area contributed by atoms with Crippen LogP contribution in [0.4, 0.5) is 0 Å². The van der Waals surface area contributed by atoms with Gasteiger partial charge in [-0.15, -0.1) is 0 Å². The zero-order valence-corrected chi connectivity index (χ0v) is 47.0. The van der Waals surface area contributed by atoms with Gasteiger partial charge in [-0.05, 0) is 103 Å². The van der Waals surface area contributed by atoms with Crippen LogP contribution in [-0.2, 0) is 27.9 Å². The molecule has 2 unspecified atom stereocenters. The highest BCUT2D eigenvalue weighted by atomic mass is 31.2. The molecule has 0 aromatic carbocycles. The number of hydrogen-bond acceptors (Lipinski definition) is 7. The molecule has 0 aliphatic heterocycles. The number of rotatable bonds is 51. The van der Waals surface area contributed by atoms with Crippen LogP contribution in [0.2, 0.25) is 0 Å². The number of unbranched alkanes of at least 4 members (excludes halogenated alkanes) is 17. The first-order valence-electron chi connectivity index (χ1n) is 28.3. The van der Waals surface area contributed by atoms with Crippen LogP contribution >= 0.6 is 7.82 Å². The van der Waals surface area contributed by atoms with E-state index < -0.39 is 13.9 Å². The molecule has 0 rings (SSSR count). The predicted molar refractivity (Wildman–Crippen MR) is 304 cm³/mol. The lowest BCUT2D eigenvalue weighted by Crippen LogP contribution is -2.37. The molecule has 9 heteroatoms. The van der Waals surface area contributed by atoms with E-state index in [1.807, 2.05) is 21.1 Å². The molecule has 0 amide bonds. The number of ether oxygens (including phenoxy) is 2. The molecular weight excluding hydrogens is 902 g/mol. The Morgan fingerprint density at radius 2 is 0.775 bits per heavy atom. The first-order chi connectivity index (χ1) is 34.6. The summed E-state index contributed by atoms with van der Waals surface area (Å²) in [6.07, 6.45) is 76.6. The van der Waals surface area contributed by atoms with Crippen LogP contribution < -0.4 is 4.89 Å². The summed E-state index contributed by atoms with van der Waals surface area (Å²) >= 11 is 0. The lowest BCUT2D eigenvalue weighted by Gasteiger charge is -2.28. The number of nitrogens with zero attached hydrogens (tertiary/aromatic N) is 1. The summed E-state index contributed by atoms with van der Waals surface area (Å²) in [4.78, 5) is 25.3. The van der Waals surface area contributed by atoms with Crippen molar-refractivity contribution in [2.24, 2.45) is 0 Å². The molecule has 0 aromatic rings. The summed E-state index contributed by atoms with van der Waals surface area (Å²) in [6.45, 7) is 5.12. The maximum absolute atomic E-state index is 12.8. The van der Waals surface area contributed by atoms with E-state index in [4.69, 9.17) is 18.5 Å². The fourth-order valence-corrected chi connectivity index (χ4v) is 7.98. The van der Waals surface area contributed by atoms with Gasteiger partial charge in [-0.25, -0.2) is 0 Å². The summed E-state index contributed by atoms with van der Waals surface area (Å²) in [7, 11) is 1.32. The zero-order chi connectivity index (χ0) is 51.9. The molecule has 0 saturated carbocycles. The quantitative estimate of drug-likeness (QED) is 0.0197. The predicted octanol–water partition coefficient (Wildman–Crippen LogP) is 17.4. The number of hydrogen-bond donors (Lipinski definition) is 0. The first kappa shape index (κ1) is 67.9. The fraction of sp³-hybridized carbons (Fsp3) is 0.661. The molecule has 0 saturated heterocycles. The zero-order valence-electron chi connectivity index (χ0n) is 46.1. The highest BCUT2D eigenvalue weighted by Gasteiger charge is 2.20. The fourth-order valence-electron chi connectivity index (χ4n) is 7.25. The van der Waals surface area contributed by atoms with Crippen molar-refractivity contribution in [2.75, 3.05) is 54.1 Å². The molecule has 8 nitrogen and oxygen atoms in total. The third kappa shape index (κ3) is 57.7. The van der Waals surface area contributed by atoms with E-state index in [-0.39, 0.29) is 25.8 Å². The number of carbonyl (C=O) groups excluding carboxylic acids is 1. The van der Waals surface area contributed by atoms with Crippen LogP contribution in [0, 0.1) is 0 Å². The summed E-state index contributed by atoms with van der Waals surface area (Å²) < 4.78 is 34.8. The van der Waals surface area contributed by atoms with Gasteiger partial charge in [-0.2, -0.15) is 0 Å². The Balaban J connectivity index is 4.17. The number of phosphoric acid groups is 1. The Kier molecular flexibility index (Phi) is 50.9. The smallest absolute Gasteiger partial charge is 0.306 e. The van der Waals surface area contributed by atoms with Crippen molar-refractivity contribution in [3.8, 4) is 0 Å². The molecule has 0 aromatic heterocycles. The van der Waals surface area contributed by atoms with E-state index in [1.165, 1.54) is 77.0 Å². The van der Waals surface area contributed by atoms with Crippen LogP contribution in [0.3, 0.4) is 0 Å². The maximum Gasteiger partial charge on any atom is 0.306 e. The van der Waals surface area contributed by atoms with E-state index >= 15 is 0 Å². The summed E-state index contributed by atoms with van der Waals surface area (Å²) in [6, 6.07) is 0. The van der Waals surface area contributed by atoms with Gasteiger partial charge in [0, 0.05) is 13.0 Å². The molecule has 0 heterocycles. The SMILES string of the molecule is CC/C=C\C/C=C\C/C=C\C/C=C\C/C=C\C/C=C\CCCCCCCOCC(COP(=O)([O-])OCC[N+](C)(C)C)OC(=O)CCCCCCCCCCCCCC/C=C\C/C=C\C/C=C\C/C=C\CC. The number of phosphoric ester groups is 1. The van der Waals surface area contributed by atoms with Gasteiger partial charge in [0.1, 0.15) is 19.3 Å². The summed E-state index contributed by atoms with van der Waals surface area (Å²) in [5.74, 6) is -0.348. The lowest BCUT2D eigenvalue weighted by molar-refractivity contribution is -0.870. The Bertz CT molecular complexity index is 1550. The average Bonchev–Trinajstić information content (AvgIpc) is 3.33. The van der Waals surface area contributed by atoms with Crippen LogP contribution in [0.15, 0.2) is 122 Å². The maximum atomic E-state index is 12.8. The van der Waals surface area contributed by atoms with Gasteiger partial charge >= 0.3 is 5.97 Å². The highest BCUT2D eigenvalue weighted by molar-refractivity contribution is 7.45. The number of carbonyl (C=O) groups is 1. The standard InChI is InChI=1S/C62H106NO7P/c1-6-8-10-12-14-16-18-20-22-24-26-28-30-32-33-35-37-39-41-43-45-47-49-51-53-55-62(64)70-61(60-69-71(65,66)68-58-56-63(3,4)5)59-67-57-54-52-50-48-46-44-42-40-38-36-34-31-29-27-25-23-21-19-17-15-13-11-9-7-2/h8-11,14-17,20-23,26-29,34,36,40,42,61H,6-7,12-13,18-19,24-25,30-33,35,37-39,41,43-60H2,1-5H3/b10-8-,11-9-,16-14-,17-15-,22-20-,23-21-,28-26-,29-27-,36-34-,42-40-. The molecular formula is C62H106NO7P. The van der Waals surface area contributed by atoms with E-state index in [0.717, 1.165) is 109 Å². The second kappa shape index (κ2) is 53.2. The minimum Gasteiger partial charge on any atom is -0.756 e. The highest BCUT2D eigenvalue weighted by Crippen LogP contribution is 2.38. The largest absolute Gasteiger partial charge is 0.756 e. The number of esters is 1. The van der Waals surface area contributed by atoms with Crippen LogP contribution in [0.5, 0.6) is 0 Å². The molecule has 0 N–H and O–H groups in total. The van der Waals surface area contributed by atoms with Gasteiger partial charge in [-0.3, -0.25) is 9.36 Å². The number of quaternary nitrogens is 1. The third-order valence-electron chi connectivity index (χ3n) is 11.5. The second-order valence-electron chi connectivity index (χ2n) is 19.5. The topological polar surface area (TPSA) is 94.1 Å². The van der Waals surface area contributed by atoms with Crippen molar-refractivity contribution in [1.29, 1.82) is 0 Å². The monoisotopic (exact) mass is 1010 g/mol. The van der Waals surface area contributed by atoms with E-state index in [2.05, 4.69) is 135 Å². The Labute approximate surface area is 437 Å². The van der Waals surface area contributed by atoms with Crippen LogP contribution in [0.25, 0.3) is 0 Å². The van der Waals surface area contributed by atoms with Gasteiger partial charge < -0.3 is 27.9 Å². The lowest BCUT2D eigenvalue weighted by atomic mass is 10.0. The second-order valence-corrected chi connectivity index (χ2v) is 20.9. The molecule has 0 spiro atoms. The van der Waals surface area contributed by atoms with Gasteiger partial charge in [0.05, 0.1) is 34.4 Å². The first-order valence-corrected chi connectivity index (χ1v) is 29.7. The molecule has 0 radical (unpaired) electrons. The number of likely N-dealkylation sites (N-methyl/N-ethyl adjacent to an activating group) is 1. The minimum atomic E-state index is -4.55. The summed E-state index contributed by atoms with van der Waals surface area (Å²) in [5.41, 5.74) is 0. The van der Waals surface area contributed by atoms with Gasteiger partial charge in [0.15, 0.2) is 0 Å². The molecule has 0 aliphatic carbocycles. The molecule has 2 atom stereocenters. The normalized spacial score (nSPS) is 14.4. The van der Waals surface area contributed by atoms with E-state index in [0.29, 0.717) is 24.1 Å². The molecule has 406 valence electrons. The van der Waals surface area contributed by atoms with Crippen LogP contribution in [0.1, 0.15) is 206 Å². The van der Waals surface area contributed by atoms with Crippen molar-refractivity contribution in [1.82, 2.24) is 0 Å². The van der Waals surface area contributed by atoms with E-state index in [9.17, 15) is 14.3 Å². The third-order valence-corrected chi connectivity index (χ3v) is 12.5.